The Hall–Kier alpha value is -3.00. The monoisotopic (exact) mass is 395 g/mol. The second-order valence-electron chi connectivity index (χ2n) is 6.50. The Morgan fingerprint density at radius 2 is 1.71 bits per heavy atom. The topological polar surface area (TPSA) is 89.8 Å². The predicted octanol–water partition coefficient (Wildman–Crippen LogP) is 3.60. The van der Waals surface area contributed by atoms with Gasteiger partial charge in [0.15, 0.2) is 5.78 Å². The van der Waals surface area contributed by atoms with Crippen LogP contribution >= 0.6 is 11.8 Å². The van der Waals surface area contributed by atoms with Crippen LogP contribution in [0.4, 0.5) is 5.69 Å². The van der Waals surface area contributed by atoms with E-state index in [9.17, 15) is 9.59 Å². The lowest BCUT2D eigenvalue weighted by Gasteiger charge is -2.14. The third kappa shape index (κ3) is 4.28. The summed E-state index contributed by atoms with van der Waals surface area (Å²) in [6.07, 6.45) is 0. The van der Waals surface area contributed by atoms with Crippen molar-refractivity contribution in [1.29, 1.82) is 0 Å². The minimum atomic E-state index is -0.415. The molecule has 0 aliphatic heterocycles. The van der Waals surface area contributed by atoms with Crippen LogP contribution in [0.2, 0.25) is 0 Å². The molecule has 0 saturated carbocycles. The number of nitrogens with zero attached hydrogens (tertiary/aromatic N) is 4. The molecule has 3 rings (SSSR count). The number of rotatable bonds is 6. The third-order valence-corrected chi connectivity index (χ3v) is 5.34. The summed E-state index contributed by atoms with van der Waals surface area (Å²) in [5.41, 5.74) is 4.26. The summed E-state index contributed by atoms with van der Waals surface area (Å²) in [6.45, 7) is 7.30. The molecule has 0 unspecified atom stereocenters. The number of Topliss-reactive ketones (excluding diaryl/α,β-unsaturated/α-hetero) is 1. The molecule has 28 heavy (non-hydrogen) atoms. The molecule has 0 spiro atoms. The van der Waals surface area contributed by atoms with Gasteiger partial charge in [0.25, 0.3) is 0 Å². The summed E-state index contributed by atoms with van der Waals surface area (Å²) in [5.74, 6) is -0.184. The van der Waals surface area contributed by atoms with Crippen LogP contribution < -0.4 is 5.32 Å². The quantitative estimate of drug-likeness (QED) is 0.507. The fourth-order valence-corrected chi connectivity index (χ4v) is 3.57. The van der Waals surface area contributed by atoms with Crippen molar-refractivity contribution in [2.75, 3.05) is 5.32 Å². The number of tetrazole rings is 1. The minimum Gasteiger partial charge on any atom is -0.325 e. The van der Waals surface area contributed by atoms with E-state index in [1.807, 2.05) is 32.0 Å². The van der Waals surface area contributed by atoms with E-state index in [2.05, 4.69) is 20.8 Å². The zero-order chi connectivity index (χ0) is 20.3. The van der Waals surface area contributed by atoms with Gasteiger partial charge in [0.1, 0.15) is 0 Å². The number of para-hydroxylation sites is 1. The molecule has 3 aromatic rings. The smallest absolute Gasteiger partial charge is 0.237 e. The third-order valence-electron chi connectivity index (χ3n) is 4.30. The Balaban J connectivity index is 1.73. The van der Waals surface area contributed by atoms with Crippen LogP contribution in [0.3, 0.4) is 0 Å². The standard InChI is InChI=1S/C20H21N5O2S/c1-12-6-5-7-13(2)18(12)25-20(22-23-24-25)28-15(4)19(27)21-17-10-8-16(9-11-17)14(3)26/h5-11,15H,1-4H3,(H,21,27)/t15-/m1/s1. The highest BCUT2D eigenvalue weighted by molar-refractivity contribution is 8.00. The van der Waals surface area contributed by atoms with Crippen LogP contribution in [-0.2, 0) is 4.79 Å². The average Bonchev–Trinajstić information content (AvgIpc) is 3.09. The van der Waals surface area contributed by atoms with Crippen molar-refractivity contribution < 1.29 is 9.59 Å². The lowest BCUT2D eigenvalue weighted by atomic mass is 10.1. The number of aryl methyl sites for hydroxylation is 2. The second kappa shape index (κ2) is 8.35. The molecule has 1 heterocycles. The Morgan fingerprint density at radius 1 is 1.07 bits per heavy atom. The van der Waals surface area contributed by atoms with Crippen LogP contribution in [0.5, 0.6) is 0 Å². The Bertz CT molecular complexity index is 993. The van der Waals surface area contributed by atoms with Gasteiger partial charge in [-0.05, 0) is 73.5 Å². The highest BCUT2D eigenvalue weighted by atomic mass is 32.2. The van der Waals surface area contributed by atoms with Crippen LogP contribution in [0.15, 0.2) is 47.6 Å². The van der Waals surface area contributed by atoms with Crippen molar-refractivity contribution >= 4 is 29.1 Å². The van der Waals surface area contributed by atoms with Crippen LogP contribution in [0.25, 0.3) is 5.69 Å². The molecule has 0 saturated heterocycles. The van der Waals surface area contributed by atoms with Crippen molar-refractivity contribution in [2.24, 2.45) is 0 Å². The summed E-state index contributed by atoms with van der Waals surface area (Å²) in [7, 11) is 0. The van der Waals surface area contributed by atoms with Crippen molar-refractivity contribution in [3.8, 4) is 5.69 Å². The molecular weight excluding hydrogens is 374 g/mol. The Morgan fingerprint density at radius 3 is 2.32 bits per heavy atom. The number of hydrogen-bond donors (Lipinski definition) is 1. The molecule has 0 radical (unpaired) electrons. The van der Waals surface area contributed by atoms with E-state index in [4.69, 9.17) is 0 Å². The summed E-state index contributed by atoms with van der Waals surface area (Å²) in [4.78, 5) is 23.9. The van der Waals surface area contributed by atoms with Crippen molar-refractivity contribution in [2.45, 2.75) is 38.1 Å². The summed E-state index contributed by atoms with van der Waals surface area (Å²) in [5, 5.41) is 15.0. The summed E-state index contributed by atoms with van der Waals surface area (Å²) in [6, 6.07) is 12.8. The molecule has 7 nitrogen and oxygen atoms in total. The van der Waals surface area contributed by atoms with Gasteiger partial charge < -0.3 is 5.32 Å². The molecular formula is C20H21N5O2S. The number of amides is 1. The van der Waals surface area contributed by atoms with Crippen molar-refractivity contribution in [3.05, 3.63) is 59.2 Å². The van der Waals surface area contributed by atoms with E-state index < -0.39 is 5.25 Å². The fraction of sp³-hybridized carbons (Fsp3) is 0.250. The average molecular weight is 395 g/mol. The zero-order valence-electron chi connectivity index (χ0n) is 16.1. The van der Waals surface area contributed by atoms with E-state index in [0.717, 1.165) is 16.8 Å². The molecule has 2 aromatic carbocycles. The van der Waals surface area contributed by atoms with E-state index in [1.165, 1.54) is 18.7 Å². The van der Waals surface area contributed by atoms with Gasteiger partial charge in [0.05, 0.1) is 10.9 Å². The molecule has 144 valence electrons. The molecule has 0 fully saturated rings. The summed E-state index contributed by atoms with van der Waals surface area (Å²) >= 11 is 1.29. The minimum absolute atomic E-state index is 0.0138. The van der Waals surface area contributed by atoms with Gasteiger partial charge in [-0.1, -0.05) is 30.0 Å². The number of ketones is 1. The first-order valence-corrected chi connectivity index (χ1v) is 9.68. The summed E-state index contributed by atoms with van der Waals surface area (Å²) < 4.78 is 1.67. The number of anilines is 1. The van der Waals surface area contributed by atoms with Gasteiger partial charge in [-0.25, -0.2) is 0 Å². The maximum Gasteiger partial charge on any atom is 0.237 e. The number of thioether (sulfide) groups is 1. The maximum atomic E-state index is 12.6. The highest BCUT2D eigenvalue weighted by Crippen LogP contribution is 2.26. The molecule has 0 bridgehead atoms. The number of carbonyl (C=O) groups excluding carboxylic acids is 2. The zero-order valence-corrected chi connectivity index (χ0v) is 16.9. The van der Waals surface area contributed by atoms with Gasteiger partial charge >= 0.3 is 0 Å². The first-order chi connectivity index (χ1) is 13.4. The number of benzene rings is 2. The van der Waals surface area contributed by atoms with Crippen LogP contribution in [-0.4, -0.2) is 37.1 Å². The number of aromatic nitrogens is 4. The first kappa shape index (κ1) is 19.8. The SMILES string of the molecule is CC(=O)c1ccc(NC(=O)[C@@H](C)Sc2nnnn2-c2c(C)cccc2C)cc1. The fourth-order valence-electron chi connectivity index (χ4n) is 2.78. The number of hydrogen-bond acceptors (Lipinski definition) is 6. The van der Waals surface area contributed by atoms with Gasteiger partial charge in [0.2, 0.25) is 11.1 Å². The van der Waals surface area contributed by atoms with Gasteiger partial charge in [-0.2, -0.15) is 4.68 Å². The molecule has 1 aromatic heterocycles. The Labute approximate surface area is 167 Å². The van der Waals surface area contributed by atoms with Gasteiger partial charge in [-0.3, -0.25) is 9.59 Å². The van der Waals surface area contributed by atoms with Crippen LogP contribution in [0.1, 0.15) is 35.3 Å². The van der Waals surface area contributed by atoms with E-state index in [0.29, 0.717) is 16.4 Å². The number of nitrogens with one attached hydrogen (secondary N) is 1. The van der Waals surface area contributed by atoms with E-state index >= 15 is 0 Å². The molecule has 1 N–H and O–H groups in total. The van der Waals surface area contributed by atoms with Gasteiger partial charge in [0, 0.05) is 11.3 Å². The maximum absolute atomic E-state index is 12.6. The normalized spacial score (nSPS) is 11.9. The van der Waals surface area contributed by atoms with Crippen LogP contribution in [0, 0.1) is 13.8 Å². The highest BCUT2D eigenvalue weighted by Gasteiger charge is 2.20. The second-order valence-corrected chi connectivity index (χ2v) is 7.80. The van der Waals surface area contributed by atoms with Gasteiger partial charge in [-0.15, -0.1) is 5.10 Å². The van der Waals surface area contributed by atoms with Crippen molar-refractivity contribution in [1.82, 2.24) is 20.2 Å². The molecule has 0 aliphatic carbocycles. The lowest BCUT2D eigenvalue weighted by molar-refractivity contribution is -0.115. The molecule has 0 aliphatic rings. The van der Waals surface area contributed by atoms with E-state index in [1.54, 1.807) is 35.9 Å². The largest absolute Gasteiger partial charge is 0.325 e. The number of carbonyl (C=O) groups is 2. The molecule has 8 heteroatoms. The molecule has 1 amide bonds. The predicted molar refractivity (Wildman–Crippen MR) is 109 cm³/mol. The van der Waals surface area contributed by atoms with Crippen molar-refractivity contribution in [3.63, 3.8) is 0 Å². The van der Waals surface area contributed by atoms with E-state index in [-0.39, 0.29) is 11.7 Å². The Kier molecular flexibility index (Phi) is 5.89. The lowest BCUT2D eigenvalue weighted by Crippen LogP contribution is -2.23. The first-order valence-electron chi connectivity index (χ1n) is 8.80. The molecule has 1 atom stereocenters.